The summed E-state index contributed by atoms with van der Waals surface area (Å²) in [6, 6.07) is 12.2. The van der Waals surface area contributed by atoms with Crippen molar-refractivity contribution in [3.8, 4) is 11.6 Å². The van der Waals surface area contributed by atoms with Crippen LogP contribution in [0, 0.1) is 12.7 Å². The maximum atomic E-state index is 12.9. The SMILES string of the molecule is Cc1cccc(-n2c(O)c(C=Nc3ccc(F)cc3)c(=O)[nH]c2=O)c1. The van der Waals surface area contributed by atoms with Crippen LogP contribution in [0.3, 0.4) is 0 Å². The fourth-order valence-electron chi connectivity index (χ4n) is 2.33. The molecule has 0 fully saturated rings. The molecule has 0 saturated heterocycles. The lowest BCUT2D eigenvalue weighted by atomic mass is 10.2. The van der Waals surface area contributed by atoms with Crippen LogP contribution in [0.4, 0.5) is 10.1 Å². The Kier molecular flexibility index (Phi) is 4.30. The number of hydrogen-bond acceptors (Lipinski definition) is 4. The first-order valence-electron chi connectivity index (χ1n) is 7.40. The lowest BCUT2D eigenvalue weighted by Gasteiger charge is -2.10. The van der Waals surface area contributed by atoms with E-state index in [1.807, 2.05) is 13.0 Å². The number of aromatic hydroxyl groups is 1. The maximum Gasteiger partial charge on any atom is 0.335 e. The van der Waals surface area contributed by atoms with Crippen molar-refractivity contribution in [1.29, 1.82) is 0 Å². The highest BCUT2D eigenvalue weighted by molar-refractivity contribution is 5.84. The van der Waals surface area contributed by atoms with Crippen LogP contribution < -0.4 is 11.2 Å². The predicted molar refractivity (Wildman–Crippen MR) is 92.7 cm³/mol. The van der Waals surface area contributed by atoms with Crippen molar-refractivity contribution in [1.82, 2.24) is 9.55 Å². The van der Waals surface area contributed by atoms with Gasteiger partial charge in [-0.3, -0.25) is 14.8 Å². The molecule has 126 valence electrons. The number of nitrogens with one attached hydrogen (secondary N) is 1. The van der Waals surface area contributed by atoms with Gasteiger partial charge >= 0.3 is 5.69 Å². The van der Waals surface area contributed by atoms with Gasteiger partial charge in [0.15, 0.2) is 0 Å². The average molecular weight is 339 g/mol. The Morgan fingerprint density at radius 2 is 1.88 bits per heavy atom. The third-order valence-corrected chi connectivity index (χ3v) is 3.55. The first kappa shape index (κ1) is 16.4. The molecule has 0 atom stereocenters. The Hall–Kier alpha value is -3.48. The van der Waals surface area contributed by atoms with Crippen molar-refractivity contribution in [2.24, 2.45) is 4.99 Å². The number of aromatic amines is 1. The number of H-pyrrole nitrogens is 1. The Morgan fingerprint density at radius 3 is 2.56 bits per heavy atom. The molecule has 0 amide bonds. The molecule has 0 bridgehead atoms. The zero-order chi connectivity index (χ0) is 18.0. The summed E-state index contributed by atoms with van der Waals surface area (Å²) in [6.07, 6.45) is 1.13. The fraction of sp³-hybridized carbons (Fsp3) is 0.0556. The Balaban J connectivity index is 2.12. The van der Waals surface area contributed by atoms with Crippen LogP contribution in [0.15, 0.2) is 63.1 Å². The molecular formula is C18H14FN3O3. The lowest BCUT2D eigenvalue weighted by molar-refractivity contribution is 0.430. The number of nitrogens with zero attached hydrogens (tertiary/aromatic N) is 2. The zero-order valence-electron chi connectivity index (χ0n) is 13.2. The van der Waals surface area contributed by atoms with Crippen LogP contribution in [-0.4, -0.2) is 20.9 Å². The van der Waals surface area contributed by atoms with Crippen molar-refractivity contribution in [2.45, 2.75) is 6.92 Å². The van der Waals surface area contributed by atoms with E-state index in [0.717, 1.165) is 16.3 Å². The van der Waals surface area contributed by atoms with Gasteiger partial charge in [0.25, 0.3) is 5.56 Å². The van der Waals surface area contributed by atoms with Gasteiger partial charge in [-0.15, -0.1) is 0 Å². The molecule has 1 aromatic heterocycles. The number of aromatic nitrogens is 2. The first-order valence-corrected chi connectivity index (χ1v) is 7.40. The summed E-state index contributed by atoms with van der Waals surface area (Å²) >= 11 is 0. The summed E-state index contributed by atoms with van der Waals surface area (Å²) in [4.78, 5) is 30.3. The molecule has 0 spiro atoms. The highest BCUT2D eigenvalue weighted by Gasteiger charge is 2.14. The van der Waals surface area contributed by atoms with Gasteiger partial charge < -0.3 is 5.11 Å². The second kappa shape index (κ2) is 6.56. The topological polar surface area (TPSA) is 87.4 Å². The summed E-state index contributed by atoms with van der Waals surface area (Å²) in [5.41, 5.74) is -0.00468. The fourth-order valence-corrected chi connectivity index (χ4v) is 2.33. The number of aryl methyl sites for hydroxylation is 1. The molecule has 0 radical (unpaired) electrons. The molecule has 0 aliphatic carbocycles. The van der Waals surface area contributed by atoms with E-state index >= 15 is 0 Å². The Morgan fingerprint density at radius 1 is 1.16 bits per heavy atom. The van der Waals surface area contributed by atoms with Gasteiger partial charge in [-0.05, 0) is 48.9 Å². The van der Waals surface area contributed by atoms with Gasteiger partial charge in [-0.25, -0.2) is 13.8 Å². The maximum absolute atomic E-state index is 12.9. The van der Waals surface area contributed by atoms with E-state index in [0.29, 0.717) is 11.4 Å². The third-order valence-electron chi connectivity index (χ3n) is 3.55. The van der Waals surface area contributed by atoms with E-state index < -0.39 is 22.9 Å². The Labute approximate surface area is 141 Å². The molecule has 1 heterocycles. The minimum Gasteiger partial charge on any atom is -0.493 e. The van der Waals surface area contributed by atoms with Gasteiger partial charge in [0, 0.05) is 6.21 Å². The van der Waals surface area contributed by atoms with Gasteiger partial charge in [-0.1, -0.05) is 12.1 Å². The third kappa shape index (κ3) is 3.40. The number of rotatable bonds is 3. The molecule has 0 saturated carbocycles. The molecule has 0 aliphatic rings. The van der Waals surface area contributed by atoms with Crippen molar-refractivity contribution in [3.05, 3.63) is 86.3 Å². The number of benzene rings is 2. The van der Waals surface area contributed by atoms with Crippen LogP contribution in [0.1, 0.15) is 11.1 Å². The normalized spacial score (nSPS) is 11.1. The number of aliphatic imine (C=N–C) groups is 1. The largest absolute Gasteiger partial charge is 0.493 e. The van der Waals surface area contributed by atoms with E-state index in [9.17, 15) is 19.1 Å². The van der Waals surface area contributed by atoms with E-state index in [1.165, 1.54) is 24.3 Å². The Bertz CT molecular complexity index is 1070. The second-order valence-electron chi connectivity index (χ2n) is 5.41. The molecule has 2 aromatic carbocycles. The van der Waals surface area contributed by atoms with Crippen molar-refractivity contribution in [3.63, 3.8) is 0 Å². The summed E-state index contributed by atoms with van der Waals surface area (Å²) in [5.74, 6) is -0.933. The molecule has 3 rings (SSSR count). The molecule has 0 aliphatic heterocycles. The predicted octanol–water partition coefficient (Wildman–Crippen LogP) is 2.43. The van der Waals surface area contributed by atoms with Crippen LogP contribution >= 0.6 is 0 Å². The summed E-state index contributed by atoms with van der Waals surface area (Å²) in [6.45, 7) is 1.84. The van der Waals surface area contributed by atoms with Crippen molar-refractivity contribution >= 4 is 11.9 Å². The summed E-state index contributed by atoms with van der Waals surface area (Å²) < 4.78 is 13.9. The smallest absolute Gasteiger partial charge is 0.335 e. The van der Waals surface area contributed by atoms with Crippen molar-refractivity contribution in [2.75, 3.05) is 0 Å². The second-order valence-corrected chi connectivity index (χ2v) is 5.41. The molecule has 7 heteroatoms. The van der Waals surface area contributed by atoms with Crippen molar-refractivity contribution < 1.29 is 9.50 Å². The van der Waals surface area contributed by atoms with Gasteiger partial charge in [0.1, 0.15) is 11.4 Å². The van der Waals surface area contributed by atoms with E-state index in [-0.39, 0.29) is 5.56 Å². The summed E-state index contributed by atoms with van der Waals surface area (Å²) in [7, 11) is 0. The molecule has 2 N–H and O–H groups in total. The minimum atomic E-state index is -0.766. The van der Waals surface area contributed by atoms with Crippen LogP contribution in [0.5, 0.6) is 5.88 Å². The van der Waals surface area contributed by atoms with Gasteiger partial charge in [-0.2, -0.15) is 0 Å². The van der Waals surface area contributed by atoms with Crippen LogP contribution in [0.25, 0.3) is 5.69 Å². The van der Waals surface area contributed by atoms with Crippen LogP contribution in [-0.2, 0) is 0 Å². The highest BCUT2D eigenvalue weighted by Crippen LogP contribution is 2.17. The monoisotopic (exact) mass is 339 g/mol. The molecule has 25 heavy (non-hydrogen) atoms. The van der Waals surface area contributed by atoms with Gasteiger partial charge in [0.05, 0.1) is 11.4 Å². The van der Waals surface area contributed by atoms with E-state index in [4.69, 9.17) is 0 Å². The minimum absolute atomic E-state index is 0.176. The van der Waals surface area contributed by atoms with Crippen LogP contribution in [0.2, 0.25) is 0 Å². The standard InChI is InChI=1S/C18H14FN3O3/c1-11-3-2-4-14(9-11)22-17(24)15(16(23)21-18(22)25)10-20-13-7-5-12(19)6-8-13/h2-10,24H,1H3,(H,21,23,25). The molecule has 0 unspecified atom stereocenters. The number of hydrogen-bond donors (Lipinski definition) is 2. The molecule has 6 nitrogen and oxygen atoms in total. The number of halogens is 1. The quantitative estimate of drug-likeness (QED) is 0.719. The highest BCUT2D eigenvalue weighted by atomic mass is 19.1. The first-order chi connectivity index (χ1) is 12.0. The average Bonchev–Trinajstić information content (AvgIpc) is 2.56. The lowest BCUT2D eigenvalue weighted by Crippen LogP contribution is -2.31. The van der Waals surface area contributed by atoms with E-state index in [2.05, 4.69) is 9.98 Å². The van der Waals surface area contributed by atoms with E-state index in [1.54, 1.807) is 18.2 Å². The van der Waals surface area contributed by atoms with Gasteiger partial charge in [0.2, 0.25) is 5.88 Å². The molecular weight excluding hydrogens is 325 g/mol. The summed E-state index contributed by atoms with van der Waals surface area (Å²) in [5, 5.41) is 10.4. The zero-order valence-corrected chi connectivity index (χ0v) is 13.2. The molecule has 3 aromatic rings.